The molecule has 2 aromatic heterocycles. The fourth-order valence-electron chi connectivity index (χ4n) is 2.29. The van der Waals surface area contributed by atoms with Gasteiger partial charge >= 0.3 is 0 Å². The molecule has 18 heavy (non-hydrogen) atoms. The molecule has 1 saturated carbocycles. The topological polar surface area (TPSA) is 56.0 Å². The predicted molar refractivity (Wildman–Crippen MR) is 68.6 cm³/mol. The molecule has 0 saturated heterocycles. The van der Waals surface area contributed by atoms with Gasteiger partial charge in [-0.05, 0) is 30.7 Å². The lowest BCUT2D eigenvalue weighted by Crippen LogP contribution is -2.12. The van der Waals surface area contributed by atoms with E-state index in [0.29, 0.717) is 30.3 Å². The highest BCUT2D eigenvalue weighted by Gasteiger charge is 2.25. The number of Topliss-reactive ketones (excluding diaryl/α,β-unsaturated/α-hetero) is 1. The number of aryl methyl sites for hydroxylation is 1. The standard InChI is InChI=1S/C13H14N2O2S/c1-8-6-18-7-11(8)12-14-13(17-15-12)9-2-4-10(16)5-3-9/h6-7,9H,2-5H2,1H3. The van der Waals surface area contributed by atoms with Crippen LogP contribution < -0.4 is 0 Å². The third-order valence-corrected chi connectivity index (χ3v) is 4.29. The van der Waals surface area contributed by atoms with E-state index in [1.165, 1.54) is 5.56 Å². The largest absolute Gasteiger partial charge is 0.339 e. The number of hydrogen-bond acceptors (Lipinski definition) is 5. The van der Waals surface area contributed by atoms with Crippen LogP contribution in [-0.4, -0.2) is 15.9 Å². The molecule has 94 valence electrons. The van der Waals surface area contributed by atoms with Crippen LogP contribution in [0.25, 0.3) is 11.4 Å². The second kappa shape index (κ2) is 4.65. The number of hydrogen-bond donors (Lipinski definition) is 0. The van der Waals surface area contributed by atoms with Gasteiger partial charge in [-0.15, -0.1) is 0 Å². The summed E-state index contributed by atoms with van der Waals surface area (Å²) in [5.41, 5.74) is 2.22. The first-order valence-corrected chi connectivity index (χ1v) is 7.07. The first-order valence-electron chi connectivity index (χ1n) is 6.12. The van der Waals surface area contributed by atoms with Gasteiger partial charge in [-0.2, -0.15) is 16.3 Å². The molecule has 1 aliphatic carbocycles. The highest BCUT2D eigenvalue weighted by molar-refractivity contribution is 7.08. The molecule has 0 bridgehead atoms. The van der Waals surface area contributed by atoms with E-state index in [2.05, 4.69) is 15.5 Å². The maximum atomic E-state index is 11.2. The van der Waals surface area contributed by atoms with E-state index >= 15 is 0 Å². The van der Waals surface area contributed by atoms with Crippen molar-refractivity contribution in [1.29, 1.82) is 0 Å². The molecule has 1 fully saturated rings. The molecule has 0 atom stereocenters. The third kappa shape index (κ3) is 2.10. The smallest absolute Gasteiger partial charge is 0.230 e. The average molecular weight is 262 g/mol. The quantitative estimate of drug-likeness (QED) is 0.833. The molecule has 0 aliphatic heterocycles. The number of aromatic nitrogens is 2. The summed E-state index contributed by atoms with van der Waals surface area (Å²) >= 11 is 1.64. The van der Waals surface area contributed by atoms with Gasteiger partial charge in [0.05, 0.1) is 0 Å². The molecule has 2 aromatic rings. The van der Waals surface area contributed by atoms with Crippen LogP contribution in [-0.2, 0) is 4.79 Å². The second-order valence-electron chi connectivity index (χ2n) is 4.74. The minimum absolute atomic E-state index is 0.253. The number of thiophene rings is 1. The van der Waals surface area contributed by atoms with Crippen LogP contribution in [0.3, 0.4) is 0 Å². The van der Waals surface area contributed by atoms with Gasteiger partial charge in [0.15, 0.2) is 0 Å². The molecule has 0 amide bonds. The van der Waals surface area contributed by atoms with Gasteiger partial charge in [0.25, 0.3) is 0 Å². The van der Waals surface area contributed by atoms with E-state index in [0.717, 1.165) is 18.4 Å². The van der Waals surface area contributed by atoms with E-state index < -0.39 is 0 Å². The minimum Gasteiger partial charge on any atom is -0.339 e. The van der Waals surface area contributed by atoms with Gasteiger partial charge in [-0.1, -0.05) is 5.16 Å². The number of rotatable bonds is 2. The maximum Gasteiger partial charge on any atom is 0.230 e. The van der Waals surface area contributed by atoms with Crippen molar-refractivity contribution < 1.29 is 9.32 Å². The molecular weight excluding hydrogens is 248 g/mol. The lowest BCUT2D eigenvalue weighted by Gasteiger charge is -2.16. The molecule has 0 spiro atoms. The first-order chi connectivity index (χ1) is 8.74. The number of ketones is 1. The molecule has 5 heteroatoms. The van der Waals surface area contributed by atoms with E-state index in [4.69, 9.17) is 4.52 Å². The normalized spacial score (nSPS) is 17.3. The van der Waals surface area contributed by atoms with Gasteiger partial charge in [0, 0.05) is 29.7 Å². The van der Waals surface area contributed by atoms with Crippen LogP contribution in [0.5, 0.6) is 0 Å². The Bertz CT molecular complexity index is 563. The monoisotopic (exact) mass is 262 g/mol. The van der Waals surface area contributed by atoms with E-state index in [1.807, 2.05) is 12.3 Å². The Morgan fingerprint density at radius 2 is 2.11 bits per heavy atom. The lowest BCUT2D eigenvalue weighted by molar-refractivity contribution is -0.120. The Morgan fingerprint density at radius 3 is 2.78 bits per heavy atom. The van der Waals surface area contributed by atoms with Gasteiger partial charge in [0.2, 0.25) is 11.7 Å². The summed E-state index contributed by atoms with van der Waals surface area (Å²) in [7, 11) is 0. The van der Waals surface area contributed by atoms with Gasteiger partial charge in [-0.25, -0.2) is 0 Å². The summed E-state index contributed by atoms with van der Waals surface area (Å²) in [6, 6.07) is 0. The Balaban J connectivity index is 1.82. The molecule has 2 heterocycles. The van der Waals surface area contributed by atoms with Crippen LogP contribution in [0.1, 0.15) is 43.1 Å². The molecule has 4 nitrogen and oxygen atoms in total. The Labute approximate surface area is 109 Å². The van der Waals surface area contributed by atoms with Crippen molar-refractivity contribution >= 4 is 17.1 Å². The molecule has 0 unspecified atom stereocenters. The van der Waals surface area contributed by atoms with Crippen LogP contribution in [0.2, 0.25) is 0 Å². The van der Waals surface area contributed by atoms with Gasteiger partial charge in [-0.3, -0.25) is 4.79 Å². The Hall–Kier alpha value is -1.49. The van der Waals surface area contributed by atoms with Gasteiger partial charge < -0.3 is 4.52 Å². The Kier molecular flexibility index (Phi) is 2.99. The molecule has 0 radical (unpaired) electrons. The summed E-state index contributed by atoms with van der Waals surface area (Å²) in [5.74, 6) is 1.95. The van der Waals surface area contributed by atoms with Crippen LogP contribution >= 0.6 is 11.3 Å². The fourth-order valence-corrected chi connectivity index (χ4v) is 3.11. The molecule has 3 rings (SSSR count). The fraction of sp³-hybridized carbons (Fsp3) is 0.462. The van der Waals surface area contributed by atoms with Crippen molar-refractivity contribution in [2.24, 2.45) is 0 Å². The lowest BCUT2D eigenvalue weighted by atomic mass is 9.88. The van der Waals surface area contributed by atoms with Crippen molar-refractivity contribution in [1.82, 2.24) is 10.1 Å². The highest BCUT2D eigenvalue weighted by Crippen LogP contribution is 2.32. The maximum absolute atomic E-state index is 11.2. The molecule has 0 N–H and O–H groups in total. The third-order valence-electron chi connectivity index (χ3n) is 3.43. The second-order valence-corrected chi connectivity index (χ2v) is 5.48. The van der Waals surface area contributed by atoms with Crippen molar-refractivity contribution in [3.05, 3.63) is 22.2 Å². The number of carbonyl (C=O) groups is 1. The zero-order valence-electron chi connectivity index (χ0n) is 10.2. The van der Waals surface area contributed by atoms with Crippen molar-refractivity contribution in [2.45, 2.75) is 38.5 Å². The van der Waals surface area contributed by atoms with Crippen LogP contribution in [0, 0.1) is 6.92 Å². The van der Waals surface area contributed by atoms with Crippen molar-refractivity contribution in [3.8, 4) is 11.4 Å². The number of carbonyl (C=O) groups excluding carboxylic acids is 1. The number of nitrogens with zero attached hydrogens (tertiary/aromatic N) is 2. The molecule has 1 aliphatic rings. The predicted octanol–water partition coefficient (Wildman–Crippen LogP) is 3.33. The van der Waals surface area contributed by atoms with E-state index in [9.17, 15) is 4.79 Å². The minimum atomic E-state index is 0.253. The molecule has 0 aromatic carbocycles. The van der Waals surface area contributed by atoms with Crippen LogP contribution in [0.15, 0.2) is 15.3 Å². The Morgan fingerprint density at radius 1 is 1.33 bits per heavy atom. The SMILES string of the molecule is Cc1cscc1-c1noc(C2CCC(=O)CC2)n1. The summed E-state index contributed by atoms with van der Waals surface area (Å²) in [6.45, 7) is 2.04. The summed E-state index contributed by atoms with van der Waals surface area (Å²) in [5, 5.41) is 8.16. The highest BCUT2D eigenvalue weighted by atomic mass is 32.1. The van der Waals surface area contributed by atoms with Gasteiger partial charge in [0.1, 0.15) is 5.78 Å². The summed E-state index contributed by atoms with van der Waals surface area (Å²) < 4.78 is 5.35. The van der Waals surface area contributed by atoms with Crippen molar-refractivity contribution in [3.63, 3.8) is 0 Å². The zero-order chi connectivity index (χ0) is 12.5. The first kappa shape index (κ1) is 11.6. The summed E-state index contributed by atoms with van der Waals surface area (Å²) in [4.78, 5) is 15.7. The summed E-state index contributed by atoms with van der Waals surface area (Å²) in [6.07, 6.45) is 2.95. The van der Waals surface area contributed by atoms with Crippen molar-refractivity contribution in [2.75, 3.05) is 0 Å². The van der Waals surface area contributed by atoms with E-state index in [1.54, 1.807) is 11.3 Å². The van der Waals surface area contributed by atoms with Crippen LogP contribution in [0.4, 0.5) is 0 Å². The zero-order valence-corrected chi connectivity index (χ0v) is 11.0. The van der Waals surface area contributed by atoms with E-state index in [-0.39, 0.29) is 5.92 Å². The average Bonchev–Trinajstić information content (AvgIpc) is 2.98. The molecular formula is C13H14N2O2S.